The molecule has 1 aliphatic heterocycles. The van der Waals surface area contributed by atoms with Crippen molar-refractivity contribution in [2.45, 2.75) is 51.7 Å². The van der Waals surface area contributed by atoms with Gasteiger partial charge < -0.3 is 14.6 Å². The van der Waals surface area contributed by atoms with Crippen LogP contribution in [0.3, 0.4) is 0 Å². The molecular formula is C14H27NO4. The van der Waals surface area contributed by atoms with E-state index in [2.05, 4.69) is 11.8 Å². The number of ether oxygens (including phenoxy) is 2. The summed E-state index contributed by atoms with van der Waals surface area (Å²) in [6, 6.07) is 0.410. The first kappa shape index (κ1) is 16.4. The summed E-state index contributed by atoms with van der Waals surface area (Å²) in [5.74, 6) is -0.0948. The molecule has 0 spiro atoms. The third kappa shape index (κ3) is 6.36. The molecule has 0 amide bonds. The molecular weight excluding hydrogens is 246 g/mol. The van der Waals surface area contributed by atoms with Crippen molar-refractivity contribution >= 4 is 5.97 Å². The summed E-state index contributed by atoms with van der Waals surface area (Å²) < 4.78 is 10.4. The van der Waals surface area contributed by atoms with Crippen LogP contribution in [0.4, 0.5) is 0 Å². The summed E-state index contributed by atoms with van der Waals surface area (Å²) in [6.07, 6.45) is 3.47. The highest BCUT2D eigenvalue weighted by Gasteiger charge is 2.24. The van der Waals surface area contributed by atoms with Gasteiger partial charge in [0, 0.05) is 19.0 Å². The van der Waals surface area contributed by atoms with Crippen molar-refractivity contribution < 1.29 is 19.4 Å². The van der Waals surface area contributed by atoms with Crippen molar-refractivity contribution in [2.75, 3.05) is 32.9 Å². The van der Waals surface area contributed by atoms with Crippen LogP contribution in [0.25, 0.3) is 0 Å². The van der Waals surface area contributed by atoms with Gasteiger partial charge in [-0.05, 0) is 33.2 Å². The van der Waals surface area contributed by atoms with E-state index < -0.39 is 0 Å². The highest BCUT2D eigenvalue weighted by molar-refractivity contribution is 5.69. The number of hydrogen-bond acceptors (Lipinski definition) is 5. The molecule has 0 aliphatic carbocycles. The number of nitrogens with zero attached hydrogens (tertiary/aromatic N) is 1. The van der Waals surface area contributed by atoms with Gasteiger partial charge in [0.1, 0.15) is 0 Å². The highest BCUT2D eigenvalue weighted by atomic mass is 16.5. The predicted molar refractivity (Wildman–Crippen MR) is 73.0 cm³/mol. The molecule has 19 heavy (non-hydrogen) atoms. The first-order valence-electron chi connectivity index (χ1n) is 7.29. The topological polar surface area (TPSA) is 59.0 Å². The number of carbonyl (C=O) groups is 1. The lowest BCUT2D eigenvalue weighted by Gasteiger charge is -2.37. The van der Waals surface area contributed by atoms with Crippen molar-refractivity contribution in [3.8, 4) is 0 Å². The Balaban J connectivity index is 2.09. The maximum atomic E-state index is 11.2. The molecule has 1 rings (SSSR count). The molecule has 0 aromatic carbocycles. The molecule has 0 aromatic rings. The second kappa shape index (κ2) is 9.28. The monoisotopic (exact) mass is 273 g/mol. The van der Waals surface area contributed by atoms with Gasteiger partial charge in [-0.15, -0.1) is 0 Å². The van der Waals surface area contributed by atoms with Crippen LogP contribution in [-0.4, -0.2) is 61.0 Å². The van der Waals surface area contributed by atoms with E-state index in [-0.39, 0.29) is 18.7 Å². The molecule has 0 radical (unpaired) electrons. The Bertz CT molecular complexity index is 260. The van der Waals surface area contributed by atoms with Gasteiger partial charge in [-0.1, -0.05) is 6.42 Å². The molecule has 1 fully saturated rings. The van der Waals surface area contributed by atoms with E-state index >= 15 is 0 Å². The number of carbonyl (C=O) groups excluding carboxylic acids is 1. The zero-order valence-corrected chi connectivity index (χ0v) is 12.1. The van der Waals surface area contributed by atoms with Gasteiger partial charge >= 0.3 is 5.97 Å². The predicted octanol–water partition coefficient (Wildman–Crippen LogP) is 1.19. The van der Waals surface area contributed by atoms with Crippen LogP contribution in [-0.2, 0) is 14.3 Å². The Kier molecular flexibility index (Phi) is 8.02. The van der Waals surface area contributed by atoms with Crippen LogP contribution >= 0.6 is 0 Å². The molecule has 0 aromatic heterocycles. The summed E-state index contributed by atoms with van der Waals surface area (Å²) in [5.41, 5.74) is 0. The molecule has 112 valence electrons. The third-order valence-electron chi connectivity index (χ3n) is 3.47. The van der Waals surface area contributed by atoms with Crippen molar-refractivity contribution in [2.24, 2.45) is 0 Å². The standard InChI is InChI=1S/C14H27NO4/c1-3-18-14(17)7-5-4-6-8-15-9-13(10-16)19-11-12(15)2/h12-13,16H,3-11H2,1-2H3. The number of rotatable bonds is 8. The second-order valence-electron chi connectivity index (χ2n) is 5.10. The van der Waals surface area contributed by atoms with Gasteiger partial charge in [-0.25, -0.2) is 0 Å². The van der Waals surface area contributed by atoms with Crippen molar-refractivity contribution in [3.05, 3.63) is 0 Å². The molecule has 2 atom stereocenters. The van der Waals surface area contributed by atoms with Gasteiger partial charge in [0.25, 0.3) is 0 Å². The second-order valence-corrected chi connectivity index (χ2v) is 5.10. The van der Waals surface area contributed by atoms with E-state index in [1.165, 1.54) is 0 Å². The van der Waals surface area contributed by atoms with Crippen molar-refractivity contribution in [1.29, 1.82) is 0 Å². The summed E-state index contributed by atoms with van der Waals surface area (Å²) in [5, 5.41) is 9.11. The molecule has 0 bridgehead atoms. The number of unbranched alkanes of at least 4 members (excludes halogenated alkanes) is 2. The maximum absolute atomic E-state index is 11.2. The van der Waals surface area contributed by atoms with E-state index in [0.29, 0.717) is 25.7 Å². The number of aliphatic hydroxyl groups excluding tert-OH is 1. The smallest absolute Gasteiger partial charge is 0.305 e. The Morgan fingerprint density at radius 1 is 1.42 bits per heavy atom. The van der Waals surface area contributed by atoms with E-state index in [1.54, 1.807) is 0 Å². The normalized spacial score (nSPS) is 24.4. The van der Waals surface area contributed by atoms with Crippen molar-refractivity contribution in [3.63, 3.8) is 0 Å². The Morgan fingerprint density at radius 3 is 2.89 bits per heavy atom. The maximum Gasteiger partial charge on any atom is 0.305 e. The van der Waals surface area contributed by atoms with Gasteiger partial charge in [0.2, 0.25) is 0 Å². The molecule has 5 heteroatoms. The van der Waals surface area contributed by atoms with E-state index in [0.717, 1.165) is 32.4 Å². The highest BCUT2D eigenvalue weighted by Crippen LogP contribution is 2.13. The molecule has 1 aliphatic rings. The van der Waals surface area contributed by atoms with Crippen LogP contribution in [0.1, 0.15) is 39.5 Å². The quantitative estimate of drug-likeness (QED) is 0.532. The Labute approximate surface area is 115 Å². The summed E-state index contributed by atoms with van der Waals surface area (Å²) >= 11 is 0. The van der Waals surface area contributed by atoms with Crippen molar-refractivity contribution in [1.82, 2.24) is 4.90 Å². The fraction of sp³-hybridized carbons (Fsp3) is 0.929. The van der Waals surface area contributed by atoms with E-state index in [1.807, 2.05) is 6.92 Å². The zero-order chi connectivity index (χ0) is 14.1. The average Bonchev–Trinajstić information content (AvgIpc) is 2.40. The molecule has 1 heterocycles. The summed E-state index contributed by atoms with van der Waals surface area (Å²) in [7, 11) is 0. The van der Waals surface area contributed by atoms with Gasteiger partial charge in [-0.2, -0.15) is 0 Å². The molecule has 5 nitrogen and oxygen atoms in total. The minimum Gasteiger partial charge on any atom is -0.466 e. The largest absolute Gasteiger partial charge is 0.466 e. The van der Waals surface area contributed by atoms with Crippen LogP contribution in [0, 0.1) is 0 Å². The Morgan fingerprint density at radius 2 is 2.21 bits per heavy atom. The SMILES string of the molecule is CCOC(=O)CCCCCN1CC(CO)OCC1C. The van der Waals surface area contributed by atoms with E-state index in [4.69, 9.17) is 14.6 Å². The van der Waals surface area contributed by atoms with Crippen LogP contribution < -0.4 is 0 Å². The number of aliphatic hydroxyl groups is 1. The fourth-order valence-electron chi connectivity index (χ4n) is 2.29. The van der Waals surface area contributed by atoms with Gasteiger partial charge in [0.15, 0.2) is 0 Å². The van der Waals surface area contributed by atoms with Gasteiger partial charge in [0.05, 0.1) is 25.9 Å². The molecule has 0 saturated carbocycles. The molecule has 1 saturated heterocycles. The summed E-state index contributed by atoms with van der Waals surface area (Å²) in [4.78, 5) is 13.5. The van der Waals surface area contributed by atoms with Crippen LogP contribution in [0.2, 0.25) is 0 Å². The lowest BCUT2D eigenvalue weighted by molar-refractivity contribution is -0.143. The van der Waals surface area contributed by atoms with Gasteiger partial charge in [-0.3, -0.25) is 9.69 Å². The first-order valence-corrected chi connectivity index (χ1v) is 7.29. The first-order chi connectivity index (χ1) is 9.17. The minimum atomic E-state index is -0.0948. The number of esters is 1. The third-order valence-corrected chi connectivity index (χ3v) is 3.47. The van der Waals surface area contributed by atoms with E-state index in [9.17, 15) is 4.79 Å². The average molecular weight is 273 g/mol. The summed E-state index contributed by atoms with van der Waals surface area (Å²) in [6.45, 7) is 7.02. The lowest BCUT2D eigenvalue weighted by atomic mass is 10.1. The van der Waals surface area contributed by atoms with Crippen LogP contribution in [0.5, 0.6) is 0 Å². The lowest BCUT2D eigenvalue weighted by Crippen LogP contribution is -2.49. The fourth-order valence-corrected chi connectivity index (χ4v) is 2.29. The van der Waals surface area contributed by atoms with Crippen LogP contribution in [0.15, 0.2) is 0 Å². The molecule has 1 N–H and O–H groups in total. The zero-order valence-electron chi connectivity index (χ0n) is 12.1. The number of hydrogen-bond donors (Lipinski definition) is 1. The Hall–Kier alpha value is -0.650. The minimum absolute atomic E-state index is 0.0456. The molecule has 2 unspecified atom stereocenters. The number of morpholine rings is 1.